The van der Waals surface area contributed by atoms with E-state index in [-0.39, 0.29) is 11.8 Å². The average Bonchev–Trinajstić information content (AvgIpc) is 3.29. The smallest absolute Gasteiger partial charge is 0.240 e. The molecule has 1 heterocycles. The minimum atomic E-state index is -0.817. The van der Waals surface area contributed by atoms with Crippen LogP contribution in [0, 0.1) is 11.3 Å². The highest BCUT2D eigenvalue weighted by molar-refractivity contribution is 9.10. The zero-order chi connectivity index (χ0) is 15.7. The van der Waals surface area contributed by atoms with Crippen LogP contribution in [0.1, 0.15) is 32.6 Å². The molecule has 5 heteroatoms. The summed E-state index contributed by atoms with van der Waals surface area (Å²) in [5, 5.41) is 2.90. The van der Waals surface area contributed by atoms with Gasteiger partial charge in [0.05, 0.1) is 0 Å². The van der Waals surface area contributed by atoms with Crippen LogP contribution in [0.4, 0.5) is 5.69 Å². The molecular formula is C17H21BrN2O2. The third-order valence-corrected chi connectivity index (χ3v) is 5.24. The first kappa shape index (κ1) is 15.5. The standard InChI is InChI=1S/C17H21BrN2O2/c1-12-5-9-20(10-6-12)16(22)17(7-8-17)15(21)19-14-4-2-3-13(18)11-14/h2-4,11-12H,5-10H2,1H3,(H,19,21). The Hall–Kier alpha value is -1.36. The molecule has 1 aromatic carbocycles. The van der Waals surface area contributed by atoms with Gasteiger partial charge in [-0.05, 0) is 49.8 Å². The Kier molecular flexibility index (Phi) is 4.26. The summed E-state index contributed by atoms with van der Waals surface area (Å²) >= 11 is 3.39. The molecule has 0 radical (unpaired) electrons. The summed E-state index contributed by atoms with van der Waals surface area (Å²) in [4.78, 5) is 27.2. The first-order chi connectivity index (χ1) is 10.5. The molecule has 3 rings (SSSR count). The van der Waals surface area contributed by atoms with Crippen LogP contribution < -0.4 is 5.32 Å². The normalized spacial score (nSPS) is 20.5. The number of piperidine rings is 1. The molecule has 1 saturated carbocycles. The maximum atomic E-state index is 12.7. The van der Waals surface area contributed by atoms with Crippen molar-refractivity contribution in [3.63, 3.8) is 0 Å². The van der Waals surface area contributed by atoms with E-state index >= 15 is 0 Å². The minimum Gasteiger partial charge on any atom is -0.342 e. The number of nitrogens with one attached hydrogen (secondary N) is 1. The molecule has 118 valence electrons. The molecule has 2 aliphatic rings. The van der Waals surface area contributed by atoms with Crippen LogP contribution in [0.15, 0.2) is 28.7 Å². The van der Waals surface area contributed by atoms with Gasteiger partial charge in [-0.3, -0.25) is 9.59 Å². The highest BCUT2D eigenvalue weighted by atomic mass is 79.9. The Balaban J connectivity index is 1.67. The first-order valence-corrected chi connectivity index (χ1v) is 8.67. The Morgan fingerprint density at radius 2 is 1.95 bits per heavy atom. The zero-order valence-corrected chi connectivity index (χ0v) is 14.4. The molecule has 0 spiro atoms. The van der Waals surface area contributed by atoms with Crippen molar-refractivity contribution >= 4 is 33.4 Å². The molecule has 1 aliphatic heterocycles. The Morgan fingerprint density at radius 3 is 2.55 bits per heavy atom. The number of anilines is 1. The van der Waals surface area contributed by atoms with E-state index in [0.29, 0.717) is 18.8 Å². The van der Waals surface area contributed by atoms with Crippen molar-refractivity contribution < 1.29 is 9.59 Å². The van der Waals surface area contributed by atoms with E-state index in [1.54, 1.807) is 0 Å². The van der Waals surface area contributed by atoms with Crippen molar-refractivity contribution in [3.05, 3.63) is 28.7 Å². The van der Waals surface area contributed by atoms with Gasteiger partial charge in [0, 0.05) is 23.2 Å². The summed E-state index contributed by atoms with van der Waals surface area (Å²) in [5.41, 5.74) is -0.0891. The lowest BCUT2D eigenvalue weighted by atomic mass is 9.96. The molecule has 1 aliphatic carbocycles. The summed E-state index contributed by atoms with van der Waals surface area (Å²) in [6.45, 7) is 3.78. The summed E-state index contributed by atoms with van der Waals surface area (Å²) < 4.78 is 0.909. The van der Waals surface area contributed by atoms with Gasteiger partial charge in [0.25, 0.3) is 0 Å². The molecule has 22 heavy (non-hydrogen) atoms. The van der Waals surface area contributed by atoms with E-state index in [9.17, 15) is 9.59 Å². The molecule has 2 fully saturated rings. The number of hydrogen-bond donors (Lipinski definition) is 1. The van der Waals surface area contributed by atoms with Gasteiger partial charge in [0.2, 0.25) is 11.8 Å². The van der Waals surface area contributed by atoms with Gasteiger partial charge < -0.3 is 10.2 Å². The minimum absolute atomic E-state index is 0.0203. The molecule has 4 nitrogen and oxygen atoms in total. The predicted molar refractivity (Wildman–Crippen MR) is 89.4 cm³/mol. The Bertz CT molecular complexity index is 590. The largest absolute Gasteiger partial charge is 0.342 e. The number of benzene rings is 1. The van der Waals surface area contributed by atoms with E-state index in [1.165, 1.54) is 0 Å². The van der Waals surface area contributed by atoms with Crippen molar-refractivity contribution in [2.75, 3.05) is 18.4 Å². The maximum Gasteiger partial charge on any atom is 0.240 e. The van der Waals surface area contributed by atoms with Gasteiger partial charge in [-0.1, -0.05) is 28.9 Å². The van der Waals surface area contributed by atoms with Crippen LogP contribution in [0.3, 0.4) is 0 Å². The third kappa shape index (κ3) is 3.05. The van der Waals surface area contributed by atoms with Gasteiger partial charge in [0.1, 0.15) is 5.41 Å². The zero-order valence-electron chi connectivity index (χ0n) is 12.8. The van der Waals surface area contributed by atoms with Crippen LogP contribution >= 0.6 is 15.9 Å². The van der Waals surface area contributed by atoms with Gasteiger partial charge in [-0.2, -0.15) is 0 Å². The molecule has 0 aromatic heterocycles. The second-order valence-electron chi connectivity index (χ2n) is 6.52. The molecule has 1 saturated heterocycles. The fourth-order valence-corrected chi connectivity index (χ4v) is 3.39. The van der Waals surface area contributed by atoms with Crippen LogP contribution in [0.5, 0.6) is 0 Å². The van der Waals surface area contributed by atoms with Crippen LogP contribution in [0.25, 0.3) is 0 Å². The third-order valence-electron chi connectivity index (χ3n) is 4.75. The summed E-state index contributed by atoms with van der Waals surface area (Å²) in [5.74, 6) is 0.538. The van der Waals surface area contributed by atoms with Crippen LogP contribution in [0.2, 0.25) is 0 Å². The maximum absolute atomic E-state index is 12.7. The van der Waals surface area contributed by atoms with E-state index in [4.69, 9.17) is 0 Å². The molecule has 1 N–H and O–H groups in total. The van der Waals surface area contributed by atoms with E-state index in [0.717, 1.165) is 36.1 Å². The number of likely N-dealkylation sites (tertiary alicyclic amines) is 1. The molecular weight excluding hydrogens is 344 g/mol. The van der Waals surface area contributed by atoms with Crippen molar-refractivity contribution in [1.82, 2.24) is 4.90 Å². The lowest BCUT2D eigenvalue weighted by Gasteiger charge is -2.32. The van der Waals surface area contributed by atoms with E-state index in [1.807, 2.05) is 29.2 Å². The number of rotatable bonds is 3. The molecule has 2 amide bonds. The molecule has 0 unspecified atom stereocenters. The van der Waals surface area contributed by atoms with Gasteiger partial charge >= 0.3 is 0 Å². The quantitative estimate of drug-likeness (QED) is 0.835. The highest BCUT2D eigenvalue weighted by Crippen LogP contribution is 2.48. The van der Waals surface area contributed by atoms with Crippen LogP contribution in [-0.4, -0.2) is 29.8 Å². The van der Waals surface area contributed by atoms with Crippen LogP contribution in [-0.2, 0) is 9.59 Å². The number of carbonyl (C=O) groups excluding carboxylic acids is 2. The second kappa shape index (κ2) is 6.03. The molecule has 0 bridgehead atoms. The fraction of sp³-hybridized carbons (Fsp3) is 0.529. The second-order valence-corrected chi connectivity index (χ2v) is 7.44. The predicted octanol–water partition coefficient (Wildman–Crippen LogP) is 3.43. The van der Waals surface area contributed by atoms with Crippen molar-refractivity contribution in [1.29, 1.82) is 0 Å². The number of carbonyl (C=O) groups is 2. The van der Waals surface area contributed by atoms with Gasteiger partial charge in [-0.25, -0.2) is 0 Å². The van der Waals surface area contributed by atoms with Crippen molar-refractivity contribution in [2.45, 2.75) is 32.6 Å². The van der Waals surface area contributed by atoms with E-state index < -0.39 is 5.41 Å². The monoisotopic (exact) mass is 364 g/mol. The summed E-state index contributed by atoms with van der Waals surface area (Å²) in [7, 11) is 0. The molecule has 0 atom stereocenters. The van der Waals surface area contributed by atoms with Crippen molar-refractivity contribution in [2.24, 2.45) is 11.3 Å². The average molecular weight is 365 g/mol. The fourth-order valence-electron chi connectivity index (χ4n) is 2.99. The molecule has 1 aromatic rings. The summed E-state index contributed by atoms with van der Waals surface area (Å²) in [6.07, 6.45) is 3.40. The lowest BCUT2D eigenvalue weighted by molar-refractivity contribution is -0.143. The number of amides is 2. The number of nitrogens with zero attached hydrogens (tertiary/aromatic N) is 1. The number of hydrogen-bond acceptors (Lipinski definition) is 2. The van der Waals surface area contributed by atoms with Crippen molar-refractivity contribution in [3.8, 4) is 0 Å². The van der Waals surface area contributed by atoms with Gasteiger partial charge in [-0.15, -0.1) is 0 Å². The lowest BCUT2D eigenvalue weighted by Crippen LogP contribution is -2.46. The Labute approximate surface area is 139 Å². The van der Waals surface area contributed by atoms with Gasteiger partial charge in [0.15, 0.2) is 0 Å². The first-order valence-electron chi connectivity index (χ1n) is 7.88. The topological polar surface area (TPSA) is 49.4 Å². The highest BCUT2D eigenvalue weighted by Gasteiger charge is 2.58. The Morgan fingerprint density at radius 1 is 1.27 bits per heavy atom. The van der Waals surface area contributed by atoms with E-state index in [2.05, 4.69) is 28.2 Å². The summed E-state index contributed by atoms with van der Waals surface area (Å²) in [6, 6.07) is 7.46. The number of halogens is 1. The SMILES string of the molecule is CC1CCN(C(=O)C2(C(=O)Nc3cccc(Br)c3)CC2)CC1.